The molecule has 0 unspecified atom stereocenters. The molecule has 12 heteroatoms. The summed E-state index contributed by atoms with van der Waals surface area (Å²) in [6.45, 7) is 10.1. The number of halogens is 1. The van der Waals surface area contributed by atoms with Gasteiger partial charge in [-0.2, -0.15) is 0 Å². The second kappa shape index (κ2) is 13.7. The summed E-state index contributed by atoms with van der Waals surface area (Å²) >= 11 is 6.85. The molecule has 1 saturated heterocycles. The molecule has 1 fully saturated rings. The minimum Gasteiger partial charge on any atom is -0.495 e. The molecule has 1 aromatic heterocycles. The van der Waals surface area contributed by atoms with Crippen molar-refractivity contribution in [1.29, 1.82) is 0 Å². The zero-order chi connectivity index (χ0) is 36.8. The van der Waals surface area contributed by atoms with Gasteiger partial charge in [-0.05, 0) is 87.8 Å². The van der Waals surface area contributed by atoms with Crippen LogP contribution >= 0.6 is 11.6 Å². The number of carbonyl (C=O) groups is 2. The molecule has 52 heavy (non-hydrogen) atoms. The van der Waals surface area contributed by atoms with Gasteiger partial charge >= 0.3 is 5.97 Å². The van der Waals surface area contributed by atoms with Crippen molar-refractivity contribution in [2.24, 2.45) is 5.41 Å². The number of hydrogen-bond donors (Lipinski definition) is 4. The molecule has 0 radical (unpaired) electrons. The van der Waals surface area contributed by atoms with Crippen LogP contribution in [0.3, 0.4) is 0 Å². The number of carbonyl (C=O) groups excluding carboxylic acids is 1. The predicted octanol–water partition coefficient (Wildman–Crippen LogP) is 6.99. The van der Waals surface area contributed by atoms with Crippen LogP contribution in [-0.4, -0.2) is 63.3 Å². The summed E-state index contributed by atoms with van der Waals surface area (Å²) < 4.78 is 5.54. The summed E-state index contributed by atoms with van der Waals surface area (Å²) in [5, 5.41) is 31.5. The van der Waals surface area contributed by atoms with E-state index in [0.717, 1.165) is 39.9 Å². The standard InChI is InChI=1S/C40H42ClN7O4/c1-23-8-6-7-9-28(23)34-35(37(49)42-30-16-14-26(38(50)51)18-32(30)52-5)43-33(20-39(2,3)4)40(34)22-48(31-17-15-27(41)19-29(31)40)21-24-10-12-25(13-11-24)36-44-46-47-45-36/h6-19,33-35,43H,20-22H2,1-5H3,(H,42,49)(H,50,51)(H,44,45,46,47)/t33-,34-,35+,40-/m0/s1. The number of nitrogens with zero attached hydrogens (tertiary/aromatic N) is 4. The van der Waals surface area contributed by atoms with Gasteiger partial charge in [0.1, 0.15) is 5.75 Å². The number of benzene rings is 4. The van der Waals surface area contributed by atoms with Crippen LogP contribution in [-0.2, 0) is 16.8 Å². The van der Waals surface area contributed by atoms with Crippen molar-refractivity contribution in [3.63, 3.8) is 0 Å². The number of aryl methyl sites for hydroxylation is 1. The van der Waals surface area contributed by atoms with Gasteiger partial charge in [0.15, 0.2) is 5.82 Å². The molecule has 11 nitrogen and oxygen atoms in total. The number of tetrazole rings is 1. The number of rotatable bonds is 9. The van der Waals surface area contributed by atoms with Gasteiger partial charge in [-0.15, -0.1) is 5.10 Å². The van der Waals surface area contributed by atoms with Crippen molar-refractivity contribution in [3.05, 3.63) is 118 Å². The molecule has 4 atom stereocenters. The van der Waals surface area contributed by atoms with Gasteiger partial charge < -0.3 is 25.4 Å². The van der Waals surface area contributed by atoms with Gasteiger partial charge in [-0.1, -0.05) is 80.9 Å². The number of fused-ring (bicyclic) bond motifs is 2. The third-order valence-electron chi connectivity index (χ3n) is 10.4. The number of carboxylic acids is 1. The maximum absolute atomic E-state index is 14.7. The van der Waals surface area contributed by atoms with E-state index in [4.69, 9.17) is 16.3 Å². The first-order valence-corrected chi connectivity index (χ1v) is 17.7. The molecule has 1 amide bonds. The minimum absolute atomic E-state index is 0.0694. The molecule has 4 aromatic carbocycles. The predicted molar refractivity (Wildman–Crippen MR) is 201 cm³/mol. The molecule has 1 spiro atoms. The van der Waals surface area contributed by atoms with Crippen molar-refractivity contribution < 1.29 is 19.4 Å². The molecule has 0 saturated carbocycles. The second-order valence-electron chi connectivity index (χ2n) is 15.0. The minimum atomic E-state index is -1.08. The van der Waals surface area contributed by atoms with Gasteiger partial charge in [-0.3, -0.25) is 4.79 Å². The van der Waals surface area contributed by atoms with Crippen molar-refractivity contribution in [3.8, 4) is 17.1 Å². The summed E-state index contributed by atoms with van der Waals surface area (Å²) in [5.41, 5.74) is 6.19. The van der Waals surface area contributed by atoms with Crippen LogP contribution < -0.4 is 20.3 Å². The fraction of sp³-hybridized carbons (Fsp3) is 0.325. The fourth-order valence-corrected chi connectivity index (χ4v) is 8.38. The smallest absolute Gasteiger partial charge is 0.335 e. The van der Waals surface area contributed by atoms with Crippen LogP contribution in [0.15, 0.2) is 84.9 Å². The monoisotopic (exact) mass is 719 g/mol. The molecule has 5 aromatic rings. The Morgan fingerprint density at radius 2 is 1.83 bits per heavy atom. The molecule has 3 heterocycles. The summed E-state index contributed by atoms with van der Waals surface area (Å²) in [4.78, 5) is 28.8. The number of anilines is 2. The van der Waals surface area contributed by atoms with E-state index in [-0.39, 0.29) is 34.6 Å². The SMILES string of the molecule is COc1cc(C(=O)O)ccc1NC(=O)[C@@H]1N[C@@H](CC(C)(C)C)[C@@]2(CN(Cc3ccc(-c4nnn[nH]4)cc3)c3ccc(Cl)cc32)[C@H]1c1ccccc1C. The maximum atomic E-state index is 14.7. The number of amides is 1. The van der Waals surface area contributed by atoms with Crippen LogP contribution in [0.4, 0.5) is 11.4 Å². The lowest BCUT2D eigenvalue weighted by Crippen LogP contribution is -2.48. The van der Waals surface area contributed by atoms with E-state index in [0.29, 0.717) is 29.6 Å². The molecule has 2 aliphatic heterocycles. The van der Waals surface area contributed by atoms with Crippen LogP contribution in [0.5, 0.6) is 5.75 Å². The summed E-state index contributed by atoms with van der Waals surface area (Å²) in [6, 6.07) is 26.3. The van der Waals surface area contributed by atoms with Gasteiger partial charge in [-0.25, -0.2) is 9.89 Å². The zero-order valence-electron chi connectivity index (χ0n) is 29.8. The van der Waals surface area contributed by atoms with E-state index in [1.54, 1.807) is 6.07 Å². The van der Waals surface area contributed by atoms with E-state index < -0.39 is 17.4 Å². The van der Waals surface area contributed by atoms with Gasteiger partial charge in [0.05, 0.1) is 24.4 Å². The van der Waals surface area contributed by atoms with Crippen LogP contribution in [0.1, 0.15) is 65.7 Å². The Balaban J connectivity index is 1.34. The van der Waals surface area contributed by atoms with Crippen molar-refractivity contribution in [1.82, 2.24) is 25.9 Å². The lowest BCUT2D eigenvalue weighted by Gasteiger charge is -2.40. The van der Waals surface area contributed by atoms with Gasteiger partial charge in [0.2, 0.25) is 5.91 Å². The van der Waals surface area contributed by atoms with E-state index in [2.05, 4.69) is 100 Å². The highest BCUT2D eigenvalue weighted by molar-refractivity contribution is 6.30. The Labute approximate surface area is 307 Å². The lowest BCUT2D eigenvalue weighted by molar-refractivity contribution is -0.118. The highest BCUT2D eigenvalue weighted by Gasteiger charge is 2.62. The maximum Gasteiger partial charge on any atom is 0.335 e. The van der Waals surface area contributed by atoms with Crippen molar-refractivity contribution in [2.75, 3.05) is 23.9 Å². The Bertz CT molecular complexity index is 2120. The Morgan fingerprint density at radius 3 is 2.50 bits per heavy atom. The zero-order valence-corrected chi connectivity index (χ0v) is 30.5. The number of ether oxygens (including phenoxy) is 1. The Morgan fingerprint density at radius 1 is 1.06 bits per heavy atom. The molecule has 2 aliphatic rings. The first-order chi connectivity index (χ1) is 24.9. The number of H-pyrrole nitrogens is 1. The van der Waals surface area contributed by atoms with Crippen molar-refractivity contribution in [2.45, 2.75) is 64.1 Å². The number of nitrogens with one attached hydrogen (secondary N) is 3. The fourth-order valence-electron chi connectivity index (χ4n) is 8.20. The lowest BCUT2D eigenvalue weighted by atomic mass is 9.62. The number of aromatic amines is 1. The number of aromatic nitrogens is 4. The highest BCUT2D eigenvalue weighted by atomic mass is 35.5. The Kier molecular flexibility index (Phi) is 9.26. The van der Waals surface area contributed by atoms with Crippen molar-refractivity contribution >= 4 is 34.9 Å². The average molecular weight is 720 g/mol. The van der Waals surface area contributed by atoms with Crippen LogP contribution in [0.25, 0.3) is 11.4 Å². The topological polar surface area (TPSA) is 145 Å². The molecule has 7 rings (SSSR count). The van der Waals surface area contributed by atoms with E-state index in [1.807, 2.05) is 30.3 Å². The third-order valence-corrected chi connectivity index (χ3v) is 10.7. The summed E-state index contributed by atoms with van der Waals surface area (Å²) in [7, 11) is 1.46. The van der Waals surface area contributed by atoms with Crippen LogP contribution in [0.2, 0.25) is 5.02 Å². The van der Waals surface area contributed by atoms with Crippen LogP contribution in [0, 0.1) is 12.3 Å². The first-order valence-electron chi connectivity index (χ1n) is 17.3. The number of aromatic carboxylic acids is 1. The molecule has 4 N–H and O–H groups in total. The molecular weight excluding hydrogens is 678 g/mol. The molecule has 0 bridgehead atoms. The van der Waals surface area contributed by atoms with E-state index >= 15 is 0 Å². The third kappa shape index (κ3) is 6.50. The van der Waals surface area contributed by atoms with Gasteiger partial charge in [0.25, 0.3) is 0 Å². The number of methoxy groups -OCH3 is 1. The quantitative estimate of drug-likeness (QED) is 0.127. The molecule has 0 aliphatic carbocycles. The van der Waals surface area contributed by atoms with Gasteiger partial charge in [0, 0.05) is 46.7 Å². The van der Waals surface area contributed by atoms with E-state index in [9.17, 15) is 14.7 Å². The number of carboxylic acid groups (broad SMARTS) is 1. The summed E-state index contributed by atoms with van der Waals surface area (Å²) in [6.07, 6.45) is 0.787. The van der Waals surface area contributed by atoms with E-state index in [1.165, 1.54) is 19.2 Å². The molecular formula is C40H42ClN7O4. The number of hydrogen-bond acceptors (Lipinski definition) is 8. The largest absolute Gasteiger partial charge is 0.495 e. The summed E-state index contributed by atoms with van der Waals surface area (Å²) in [5.74, 6) is -0.728. The second-order valence-corrected chi connectivity index (χ2v) is 15.4. The Hall–Kier alpha value is -5.26. The normalized spacial score (nSPS) is 21.0. The molecule has 268 valence electrons. The first kappa shape index (κ1) is 35.2. The highest BCUT2D eigenvalue weighted by Crippen LogP contribution is 2.58. The average Bonchev–Trinajstić information content (AvgIpc) is 3.83.